The average Bonchev–Trinajstić information content (AvgIpc) is 2.95. The maximum atomic E-state index is 6.02. The molecule has 4 heteroatoms. The highest BCUT2D eigenvalue weighted by atomic mass is 15.2. The molecule has 110 valence electrons. The summed E-state index contributed by atoms with van der Waals surface area (Å²) in [4.78, 5) is 11.8. The SMILES string of the molecule is CCCc1cc(N2CCC(N)C2)nc(-c2ccccc2)n1. The monoisotopic (exact) mass is 282 g/mol. The molecule has 1 fully saturated rings. The Hall–Kier alpha value is -1.94. The molecule has 2 heterocycles. The smallest absolute Gasteiger partial charge is 0.161 e. The molecule has 2 N–H and O–H groups in total. The number of aryl methyl sites for hydroxylation is 1. The van der Waals surface area contributed by atoms with E-state index in [1.165, 1.54) is 0 Å². The highest BCUT2D eigenvalue weighted by Gasteiger charge is 2.21. The first-order valence-corrected chi connectivity index (χ1v) is 7.70. The summed E-state index contributed by atoms with van der Waals surface area (Å²) in [5, 5.41) is 0. The number of benzene rings is 1. The Morgan fingerprint density at radius 2 is 2.05 bits per heavy atom. The van der Waals surface area contributed by atoms with E-state index in [1.54, 1.807) is 0 Å². The van der Waals surface area contributed by atoms with Gasteiger partial charge in [0, 0.05) is 36.5 Å². The van der Waals surface area contributed by atoms with Gasteiger partial charge in [0.25, 0.3) is 0 Å². The van der Waals surface area contributed by atoms with Crippen LogP contribution in [0.2, 0.25) is 0 Å². The van der Waals surface area contributed by atoms with Gasteiger partial charge >= 0.3 is 0 Å². The molecule has 1 aliphatic rings. The fourth-order valence-corrected chi connectivity index (χ4v) is 2.74. The van der Waals surface area contributed by atoms with Crippen molar-refractivity contribution in [1.29, 1.82) is 0 Å². The van der Waals surface area contributed by atoms with Gasteiger partial charge in [0.15, 0.2) is 5.82 Å². The summed E-state index contributed by atoms with van der Waals surface area (Å²) in [6.07, 6.45) is 3.10. The largest absolute Gasteiger partial charge is 0.355 e. The number of anilines is 1. The molecular formula is C17H22N4. The number of aromatic nitrogens is 2. The number of nitrogens with two attached hydrogens (primary N) is 1. The zero-order valence-corrected chi connectivity index (χ0v) is 12.5. The van der Waals surface area contributed by atoms with Gasteiger partial charge in [0.2, 0.25) is 0 Å². The maximum absolute atomic E-state index is 6.02. The van der Waals surface area contributed by atoms with E-state index in [0.717, 1.165) is 55.3 Å². The molecular weight excluding hydrogens is 260 g/mol. The van der Waals surface area contributed by atoms with Crippen LogP contribution < -0.4 is 10.6 Å². The molecule has 0 aliphatic carbocycles. The van der Waals surface area contributed by atoms with Gasteiger partial charge in [0.1, 0.15) is 5.82 Å². The second-order valence-electron chi connectivity index (χ2n) is 5.65. The number of hydrogen-bond donors (Lipinski definition) is 1. The van der Waals surface area contributed by atoms with Crippen molar-refractivity contribution in [2.45, 2.75) is 32.2 Å². The molecule has 0 bridgehead atoms. The molecule has 0 radical (unpaired) electrons. The zero-order valence-electron chi connectivity index (χ0n) is 12.5. The molecule has 1 saturated heterocycles. The van der Waals surface area contributed by atoms with E-state index in [9.17, 15) is 0 Å². The molecule has 1 atom stereocenters. The van der Waals surface area contributed by atoms with Crippen LogP contribution in [0.25, 0.3) is 11.4 Å². The van der Waals surface area contributed by atoms with Crippen molar-refractivity contribution >= 4 is 5.82 Å². The van der Waals surface area contributed by atoms with Gasteiger partial charge < -0.3 is 10.6 Å². The maximum Gasteiger partial charge on any atom is 0.161 e. The molecule has 0 spiro atoms. The minimum absolute atomic E-state index is 0.259. The van der Waals surface area contributed by atoms with Crippen molar-refractivity contribution in [2.75, 3.05) is 18.0 Å². The summed E-state index contributed by atoms with van der Waals surface area (Å²) in [5.41, 5.74) is 8.21. The number of rotatable bonds is 4. The predicted molar refractivity (Wildman–Crippen MR) is 86.3 cm³/mol. The molecule has 1 unspecified atom stereocenters. The van der Waals surface area contributed by atoms with Crippen LogP contribution in [0.1, 0.15) is 25.5 Å². The van der Waals surface area contributed by atoms with Gasteiger partial charge in [-0.2, -0.15) is 0 Å². The Balaban J connectivity index is 1.98. The van der Waals surface area contributed by atoms with Crippen LogP contribution in [0, 0.1) is 0 Å². The lowest BCUT2D eigenvalue weighted by Crippen LogP contribution is -2.27. The van der Waals surface area contributed by atoms with Crippen LogP contribution in [0.4, 0.5) is 5.82 Å². The third-order valence-corrected chi connectivity index (χ3v) is 3.85. The quantitative estimate of drug-likeness (QED) is 0.936. The van der Waals surface area contributed by atoms with Crippen molar-refractivity contribution in [3.05, 3.63) is 42.1 Å². The van der Waals surface area contributed by atoms with Crippen molar-refractivity contribution in [2.24, 2.45) is 5.73 Å². The minimum atomic E-state index is 0.259. The molecule has 0 saturated carbocycles. The lowest BCUT2D eigenvalue weighted by atomic mass is 10.2. The molecule has 1 aromatic heterocycles. The lowest BCUT2D eigenvalue weighted by Gasteiger charge is -2.18. The first-order chi connectivity index (χ1) is 10.3. The van der Waals surface area contributed by atoms with E-state index in [2.05, 4.69) is 30.0 Å². The first kappa shape index (κ1) is 14.0. The summed E-state index contributed by atoms with van der Waals surface area (Å²) in [5.74, 6) is 1.83. The standard InChI is InChI=1S/C17H22N4/c1-2-6-15-11-16(21-10-9-14(18)12-21)20-17(19-15)13-7-4-3-5-8-13/h3-5,7-8,11,14H,2,6,9-10,12,18H2,1H3. The summed E-state index contributed by atoms with van der Waals surface area (Å²) in [6.45, 7) is 4.05. The van der Waals surface area contributed by atoms with Gasteiger partial charge in [-0.05, 0) is 12.8 Å². The number of nitrogens with zero attached hydrogens (tertiary/aromatic N) is 3. The van der Waals surface area contributed by atoms with E-state index in [4.69, 9.17) is 15.7 Å². The molecule has 1 aromatic carbocycles. The van der Waals surface area contributed by atoms with Crippen LogP contribution in [0.5, 0.6) is 0 Å². The third kappa shape index (κ3) is 3.22. The Kier molecular flexibility index (Phi) is 4.15. The van der Waals surface area contributed by atoms with Crippen LogP contribution in [0.15, 0.2) is 36.4 Å². The van der Waals surface area contributed by atoms with Crippen LogP contribution in [-0.4, -0.2) is 29.1 Å². The highest BCUT2D eigenvalue weighted by Crippen LogP contribution is 2.23. The second-order valence-corrected chi connectivity index (χ2v) is 5.65. The molecule has 2 aromatic rings. The topological polar surface area (TPSA) is 55.0 Å². The van der Waals surface area contributed by atoms with E-state index < -0.39 is 0 Å². The molecule has 0 amide bonds. The Morgan fingerprint density at radius 3 is 2.71 bits per heavy atom. The lowest BCUT2D eigenvalue weighted by molar-refractivity contribution is 0.751. The minimum Gasteiger partial charge on any atom is -0.355 e. The Labute approximate surface area is 126 Å². The fraction of sp³-hybridized carbons (Fsp3) is 0.412. The van der Waals surface area contributed by atoms with Crippen LogP contribution in [0.3, 0.4) is 0 Å². The molecule has 21 heavy (non-hydrogen) atoms. The fourth-order valence-electron chi connectivity index (χ4n) is 2.74. The average molecular weight is 282 g/mol. The Morgan fingerprint density at radius 1 is 1.24 bits per heavy atom. The zero-order chi connectivity index (χ0) is 14.7. The third-order valence-electron chi connectivity index (χ3n) is 3.85. The summed E-state index contributed by atoms with van der Waals surface area (Å²) < 4.78 is 0. The Bertz CT molecular complexity index is 597. The van der Waals surface area contributed by atoms with Crippen molar-refractivity contribution in [1.82, 2.24) is 9.97 Å². The highest BCUT2D eigenvalue weighted by molar-refractivity contribution is 5.58. The summed E-state index contributed by atoms with van der Waals surface area (Å²) >= 11 is 0. The molecule has 3 rings (SSSR count). The van der Waals surface area contributed by atoms with Crippen LogP contribution >= 0.6 is 0 Å². The molecule has 1 aliphatic heterocycles. The van der Waals surface area contributed by atoms with Gasteiger partial charge in [-0.3, -0.25) is 0 Å². The predicted octanol–water partition coefficient (Wildman–Crippen LogP) is 2.63. The van der Waals surface area contributed by atoms with Crippen LogP contribution in [-0.2, 0) is 6.42 Å². The summed E-state index contributed by atoms with van der Waals surface area (Å²) in [6, 6.07) is 12.6. The van der Waals surface area contributed by atoms with Gasteiger partial charge in [-0.15, -0.1) is 0 Å². The van der Waals surface area contributed by atoms with Gasteiger partial charge in [-0.1, -0.05) is 43.7 Å². The van der Waals surface area contributed by atoms with Gasteiger partial charge in [0.05, 0.1) is 0 Å². The summed E-state index contributed by atoms with van der Waals surface area (Å²) in [7, 11) is 0. The van der Waals surface area contributed by atoms with E-state index in [-0.39, 0.29) is 6.04 Å². The normalized spacial score (nSPS) is 18.2. The second kappa shape index (κ2) is 6.22. The van der Waals surface area contributed by atoms with Gasteiger partial charge in [-0.25, -0.2) is 9.97 Å². The van der Waals surface area contributed by atoms with E-state index in [1.807, 2.05) is 18.2 Å². The van der Waals surface area contributed by atoms with E-state index in [0.29, 0.717) is 0 Å². The number of hydrogen-bond acceptors (Lipinski definition) is 4. The first-order valence-electron chi connectivity index (χ1n) is 7.70. The molecule has 4 nitrogen and oxygen atoms in total. The van der Waals surface area contributed by atoms with Crippen molar-refractivity contribution < 1.29 is 0 Å². The van der Waals surface area contributed by atoms with Crippen molar-refractivity contribution in [3.63, 3.8) is 0 Å². The van der Waals surface area contributed by atoms with E-state index >= 15 is 0 Å². The van der Waals surface area contributed by atoms with Crippen molar-refractivity contribution in [3.8, 4) is 11.4 Å².